The summed E-state index contributed by atoms with van der Waals surface area (Å²) in [6, 6.07) is 19.0. The van der Waals surface area contributed by atoms with E-state index >= 15 is 0 Å². The zero-order chi connectivity index (χ0) is 15.3. The van der Waals surface area contributed by atoms with Crippen molar-refractivity contribution in [2.45, 2.75) is 6.42 Å². The lowest BCUT2D eigenvalue weighted by molar-refractivity contribution is 1.25. The van der Waals surface area contributed by atoms with Crippen molar-refractivity contribution < 1.29 is 0 Å². The third-order valence-corrected chi connectivity index (χ3v) is 5.34. The number of hydrogen-bond donors (Lipinski definition) is 1. The van der Waals surface area contributed by atoms with Gasteiger partial charge in [0.15, 0.2) is 0 Å². The second kappa shape index (κ2) is 5.25. The quantitative estimate of drug-likeness (QED) is 0.378. The molecule has 0 aliphatic heterocycles. The normalized spacial score (nSPS) is 12.1. The highest BCUT2D eigenvalue weighted by Crippen LogP contribution is 2.45. The summed E-state index contributed by atoms with van der Waals surface area (Å²) < 4.78 is 2.26. The number of fused-ring (bicyclic) bond motifs is 3. The summed E-state index contributed by atoms with van der Waals surface area (Å²) in [7, 11) is 0. The molecular weight excluding hydrogens is 402 g/mol. The van der Waals surface area contributed by atoms with Gasteiger partial charge in [-0.3, -0.25) is 0 Å². The van der Waals surface area contributed by atoms with Gasteiger partial charge in [-0.15, -0.1) is 0 Å². The molecule has 1 aliphatic rings. The van der Waals surface area contributed by atoms with Gasteiger partial charge in [-0.25, -0.2) is 0 Å². The lowest BCUT2D eigenvalue weighted by Gasteiger charge is -2.12. The predicted molar refractivity (Wildman–Crippen MR) is 99.9 cm³/mol. The summed E-state index contributed by atoms with van der Waals surface area (Å²) in [5.41, 5.74) is 14.5. The van der Waals surface area contributed by atoms with Crippen LogP contribution in [0.4, 0.5) is 5.69 Å². The van der Waals surface area contributed by atoms with Crippen molar-refractivity contribution in [3.63, 3.8) is 0 Å². The Bertz CT molecular complexity index is 883. The summed E-state index contributed by atoms with van der Waals surface area (Å²) in [5.74, 6) is 0. The standard InChI is InChI=1S/C19H13Br2N/c20-13-3-6-15-12(9-13)10-17-16(15)7-8-18(21)19(17)11-1-4-14(22)5-2-11/h1-9H,10,22H2. The smallest absolute Gasteiger partial charge is 0.0314 e. The fraction of sp³-hybridized carbons (Fsp3) is 0.0526. The Morgan fingerprint density at radius 1 is 0.818 bits per heavy atom. The number of nitrogens with two attached hydrogens (primary N) is 1. The molecule has 0 saturated heterocycles. The first-order chi connectivity index (χ1) is 10.6. The summed E-state index contributed by atoms with van der Waals surface area (Å²) >= 11 is 7.30. The van der Waals surface area contributed by atoms with Gasteiger partial charge in [0.1, 0.15) is 0 Å². The van der Waals surface area contributed by atoms with Crippen LogP contribution in [0.15, 0.2) is 63.5 Å². The van der Waals surface area contributed by atoms with Crippen molar-refractivity contribution in [3.05, 3.63) is 74.7 Å². The summed E-state index contributed by atoms with van der Waals surface area (Å²) in [4.78, 5) is 0. The van der Waals surface area contributed by atoms with Crippen molar-refractivity contribution in [1.82, 2.24) is 0 Å². The molecule has 4 rings (SSSR count). The maximum atomic E-state index is 5.82. The lowest BCUT2D eigenvalue weighted by atomic mass is 9.95. The summed E-state index contributed by atoms with van der Waals surface area (Å²) in [6.45, 7) is 0. The lowest BCUT2D eigenvalue weighted by Crippen LogP contribution is -1.91. The molecule has 1 nitrogen and oxygen atoms in total. The molecule has 0 unspecified atom stereocenters. The van der Waals surface area contributed by atoms with Crippen LogP contribution in [0.2, 0.25) is 0 Å². The maximum Gasteiger partial charge on any atom is 0.0314 e. The van der Waals surface area contributed by atoms with Crippen LogP contribution in [-0.2, 0) is 6.42 Å². The van der Waals surface area contributed by atoms with Crippen LogP contribution in [0.5, 0.6) is 0 Å². The van der Waals surface area contributed by atoms with Crippen molar-refractivity contribution in [2.75, 3.05) is 5.73 Å². The van der Waals surface area contributed by atoms with Gasteiger partial charge in [-0.05, 0) is 64.6 Å². The molecule has 0 spiro atoms. The van der Waals surface area contributed by atoms with Crippen LogP contribution in [0.25, 0.3) is 22.3 Å². The minimum Gasteiger partial charge on any atom is -0.399 e. The molecule has 1 aliphatic carbocycles. The van der Waals surface area contributed by atoms with Crippen LogP contribution < -0.4 is 5.73 Å². The first-order valence-corrected chi connectivity index (χ1v) is 8.68. The average Bonchev–Trinajstić information content (AvgIpc) is 2.85. The molecule has 0 fully saturated rings. The van der Waals surface area contributed by atoms with Crippen molar-refractivity contribution in [3.8, 4) is 22.3 Å². The van der Waals surface area contributed by atoms with Gasteiger partial charge in [0.25, 0.3) is 0 Å². The molecule has 3 aromatic rings. The van der Waals surface area contributed by atoms with Gasteiger partial charge in [-0.1, -0.05) is 56.1 Å². The van der Waals surface area contributed by atoms with E-state index < -0.39 is 0 Å². The number of nitrogen functional groups attached to an aromatic ring is 1. The van der Waals surface area contributed by atoms with E-state index in [1.807, 2.05) is 12.1 Å². The van der Waals surface area contributed by atoms with Crippen LogP contribution in [0.3, 0.4) is 0 Å². The van der Waals surface area contributed by atoms with Crippen LogP contribution >= 0.6 is 31.9 Å². The van der Waals surface area contributed by atoms with Crippen molar-refractivity contribution in [2.24, 2.45) is 0 Å². The minimum absolute atomic E-state index is 0.791. The van der Waals surface area contributed by atoms with E-state index in [1.165, 1.54) is 33.4 Å². The highest BCUT2D eigenvalue weighted by Gasteiger charge is 2.23. The highest BCUT2D eigenvalue weighted by atomic mass is 79.9. The monoisotopic (exact) mass is 413 g/mol. The molecule has 0 bridgehead atoms. The largest absolute Gasteiger partial charge is 0.399 e. The van der Waals surface area contributed by atoms with E-state index in [1.54, 1.807) is 0 Å². The first-order valence-electron chi connectivity index (χ1n) is 7.09. The Kier molecular flexibility index (Phi) is 3.35. The number of rotatable bonds is 1. The fourth-order valence-corrected chi connectivity index (χ4v) is 4.19. The van der Waals surface area contributed by atoms with Crippen LogP contribution in [0.1, 0.15) is 11.1 Å². The zero-order valence-corrected chi connectivity index (χ0v) is 14.9. The van der Waals surface area contributed by atoms with Gasteiger partial charge >= 0.3 is 0 Å². The fourth-order valence-electron chi connectivity index (χ4n) is 3.18. The van der Waals surface area contributed by atoms with Gasteiger partial charge in [0, 0.05) is 20.2 Å². The van der Waals surface area contributed by atoms with E-state index in [2.05, 4.69) is 74.3 Å². The SMILES string of the molecule is Nc1ccc(-c2c(Br)ccc3c2Cc2cc(Br)ccc2-3)cc1. The average molecular weight is 415 g/mol. The van der Waals surface area contributed by atoms with E-state index in [-0.39, 0.29) is 0 Å². The summed E-state index contributed by atoms with van der Waals surface area (Å²) in [5, 5.41) is 0. The van der Waals surface area contributed by atoms with E-state index in [9.17, 15) is 0 Å². The predicted octanol–water partition coefficient (Wildman–Crippen LogP) is 6.03. The Morgan fingerprint density at radius 2 is 1.55 bits per heavy atom. The Hall–Kier alpha value is -1.58. The minimum atomic E-state index is 0.791. The van der Waals surface area contributed by atoms with Crippen LogP contribution in [-0.4, -0.2) is 0 Å². The zero-order valence-electron chi connectivity index (χ0n) is 11.7. The molecule has 0 amide bonds. The van der Waals surface area contributed by atoms with Gasteiger partial charge in [0.2, 0.25) is 0 Å². The number of halogens is 2. The van der Waals surface area contributed by atoms with Gasteiger partial charge < -0.3 is 5.73 Å². The second-order valence-corrected chi connectivity index (χ2v) is 7.32. The molecule has 2 N–H and O–H groups in total. The molecule has 0 saturated carbocycles. The molecule has 0 heterocycles. The van der Waals surface area contributed by atoms with Crippen LogP contribution in [0, 0.1) is 0 Å². The topological polar surface area (TPSA) is 26.0 Å². The molecule has 3 aromatic carbocycles. The number of benzene rings is 3. The number of hydrogen-bond acceptors (Lipinski definition) is 1. The number of anilines is 1. The van der Waals surface area contributed by atoms with Crippen molar-refractivity contribution in [1.29, 1.82) is 0 Å². The Labute approximate surface area is 146 Å². The third-order valence-electron chi connectivity index (χ3n) is 4.19. The van der Waals surface area contributed by atoms with Gasteiger partial charge in [-0.2, -0.15) is 0 Å². The highest BCUT2D eigenvalue weighted by molar-refractivity contribution is 9.10. The first kappa shape index (κ1) is 14.0. The second-order valence-electron chi connectivity index (χ2n) is 5.55. The van der Waals surface area contributed by atoms with E-state index in [4.69, 9.17) is 5.73 Å². The van der Waals surface area contributed by atoms with E-state index in [0.717, 1.165) is 21.1 Å². The Morgan fingerprint density at radius 3 is 2.32 bits per heavy atom. The molecule has 0 aromatic heterocycles. The molecule has 108 valence electrons. The third kappa shape index (κ3) is 2.20. The van der Waals surface area contributed by atoms with Gasteiger partial charge in [0.05, 0.1) is 0 Å². The molecule has 0 atom stereocenters. The summed E-state index contributed by atoms with van der Waals surface area (Å²) in [6.07, 6.45) is 0.962. The molecule has 0 radical (unpaired) electrons. The maximum absolute atomic E-state index is 5.82. The molecule has 3 heteroatoms. The molecular formula is C19H13Br2N. The molecule has 22 heavy (non-hydrogen) atoms. The van der Waals surface area contributed by atoms with E-state index in [0.29, 0.717) is 0 Å². The van der Waals surface area contributed by atoms with Crippen molar-refractivity contribution >= 4 is 37.5 Å². The Balaban J connectivity index is 1.94.